The van der Waals surface area contributed by atoms with Gasteiger partial charge in [0.25, 0.3) is 10.0 Å². The van der Waals surface area contributed by atoms with Gasteiger partial charge in [0.15, 0.2) is 0 Å². The third kappa shape index (κ3) is 5.38. The zero-order valence-electron chi connectivity index (χ0n) is 19.9. The van der Waals surface area contributed by atoms with Crippen LogP contribution in [0.1, 0.15) is 29.5 Å². The molecule has 0 spiro atoms. The first-order chi connectivity index (χ1) is 16.8. The van der Waals surface area contributed by atoms with Crippen molar-refractivity contribution in [2.45, 2.75) is 38.1 Å². The third-order valence-corrected chi connectivity index (χ3v) is 8.02. The van der Waals surface area contributed by atoms with Gasteiger partial charge in [-0.05, 0) is 67.3 Å². The van der Waals surface area contributed by atoms with Gasteiger partial charge in [-0.2, -0.15) is 0 Å². The van der Waals surface area contributed by atoms with Crippen molar-refractivity contribution in [1.29, 1.82) is 0 Å². The number of benzene rings is 3. The molecule has 182 valence electrons. The van der Waals surface area contributed by atoms with Crippen LogP contribution in [0.2, 0.25) is 0 Å². The van der Waals surface area contributed by atoms with Gasteiger partial charge in [0.05, 0.1) is 10.6 Å². The molecule has 0 aromatic heterocycles. The number of nitrogens with one attached hydrogen (secondary N) is 1. The van der Waals surface area contributed by atoms with E-state index in [-0.39, 0.29) is 23.9 Å². The molecule has 1 fully saturated rings. The normalized spacial score (nSPS) is 13.7. The number of hydrogen-bond donors (Lipinski definition) is 1. The monoisotopic (exact) mass is 491 g/mol. The third-order valence-electron chi connectivity index (χ3n) is 6.25. The van der Waals surface area contributed by atoms with Gasteiger partial charge >= 0.3 is 0 Å². The zero-order valence-corrected chi connectivity index (χ0v) is 20.7. The average molecular weight is 492 g/mol. The van der Waals surface area contributed by atoms with Crippen molar-refractivity contribution < 1.29 is 18.0 Å². The van der Waals surface area contributed by atoms with Crippen molar-refractivity contribution in [2.75, 3.05) is 22.3 Å². The summed E-state index contributed by atoms with van der Waals surface area (Å²) >= 11 is 0. The van der Waals surface area contributed by atoms with E-state index >= 15 is 0 Å². The van der Waals surface area contributed by atoms with Crippen LogP contribution in [0.25, 0.3) is 0 Å². The number of aryl methyl sites for hydroxylation is 1. The van der Waals surface area contributed by atoms with E-state index in [1.165, 1.54) is 16.4 Å². The van der Waals surface area contributed by atoms with Crippen LogP contribution in [-0.2, 0) is 26.2 Å². The van der Waals surface area contributed by atoms with Gasteiger partial charge in [-0.3, -0.25) is 13.9 Å². The fourth-order valence-corrected chi connectivity index (χ4v) is 5.67. The molecule has 0 radical (unpaired) electrons. The number of carbonyl (C=O) groups excluding carboxylic acids is 2. The van der Waals surface area contributed by atoms with Crippen molar-refractivity contribution in [3.05, 3.63) is 89.5 Å². The Morgan fingerprint density at radius 3 is 2.46 bits per heavy atom. The van der Waals surface area contributed by atoms with Crippen molar-refractivity contribution >= 4 is 33.2 Å². The maximum atomic E-state index is 13.5. The molecule has 35 heavy (non-hydrogen) atoms. The largest absolute Gasteiger partial charge is 0.350 e. The molecule has 3 aromatic rings. The number of carbonyl (C=O) groups is 2. The number of sulfonamides is 1. The summed E-state index contributed by atoms with van der Waals surface area (Å²) in [5.74, 6) is -0.325. The molecule has 1 N–H and O–H groups in total. The lowest BCUT2D eigenvalue weighted by Gasteiger charge is -2.26. The van der Waals surface area contributed by atoms with E-state index in [0.29, 0.717) is 18.7 Å². The van der Waals surface area contributed by atoms with E-state index in [0.717, 1.165) is 28.8 Å². The topological polar surface area (TPSA) is 86.8 Å². The Balaban J connectivity index is 1.54. The Morgan fingerprint density at radius 2 is 1.74 bits per heavy atom. The summed E-state index contributed by atoms with van der Waals surface area (Å²) in [6.45, 7) is 4.31. The number of anilines is 2. The van der Waals surface area contributed by atoms with Crippen molar-refractivity contribution in [2.24, 2.45) is 0 Å². The first kappa shape index (κ1) is 24.5. The highest BCUT2D eigenvalue weighted by atomic mass is 32.2. The fraction of sp³-hybridized carbons (Fsp3) is 0.259. The summed E-state index contributed by atoms with van der Waals surface area (Å²) in [6, 6.07) is 21.0. The molecule has 7 nitrogen and oxygen atoms in total. The molecule has 0 saturated carbocycles. The number of rotatable bonds is 8. The summed E-state index contributed by atoms with van der Waals surface area (Å²) < 4.78 is 28.2. The molecular weight excluding hydrogens is 462 g/mol. The molecule has 1 aliphatic rings. The molecule has 1 aliphatic heterocycles. The fourth-order valence-electron chi connectivity index (χ4n) is 4.17. The minimum absolute atomic E-state index is 0.0986. The summed E-state index contributed by atoms with van der Waals surface area (Å²) in [6.07, 6.45) is 1.38. The molecule has 0 aliphatic carbocycles. The lowest BCUT2D eigenvalue weighted by molar-refractivity contribution is -0.120. The predicted molar refractivity (Wildman–Crippen MR) is 137 cm³/mol. The average Bonchev–Trinajstić information content (AvgIpc) is 3.29. The van der Waals surface area contributed by atoms with Gasteiger partial charge in [-0.25, -0.2) is 8.42 Å². The van der Waals surface area contributed by atoms with E-state index in [1.807, 2.05) is 44.2 Å². The van der Waals surface area contributed by atoms with Crippen LogP contribution >= 0.6 is 0 Å². The van der Waals surface area contributed by atoms with Crippen LogP contribution in [0.5, 0.6) is 0 Å². The van der Waals surface area contributed by atoms with Gasteiger partial charge in [-0.15, -0.1) is 0 Å². The second kappa shape index (κ2) is 10.3. The second-order valence-corrected chi connectivity index (χ2v) is 10.5. The maximum absolute atomic E-state index is 13.5. The minimum atomic E-state index is -3.97. The predicted octanol–water partition coefficient (Wildman–Crippen LogP) is 3.94. The van der Waals surface area contributed by atoms with E-state index in [1.54, 1.807) is 35.2 Å². The van der Waals surface area contributed by atoms with Crippen LogP contribution < -0.4 is 14.5 Å². The van der Waals surface area contributed by atoms with E-state index in [2.05, 4.69) is 5.32 Å². The zero-order chi connectivity index (χ0) is 25.0. The van der Waals surface area contributed by atoms with Gasteiger partial charge in [0, 0.05) is 25.2 Å². The molecule has 2 amide bonds. The molecule has 1 saturated heterocycles. The Kier molecular flexibility index (Phi) is 7.21. The van der Waals surface area contributed by atoms with Crippen molar-refractivity contribution in [3.8, 4) is 0 Å². The number of amides is 2. The quantitative estimate of drug-likeness (QED) is 0.517. The Labute approximate surface area is 206 Å². The first-order valence-electron chi connectivity index (χ1n) is 11.6. The van der Waals surface area contributed by atoms with Crippen molar-refractivity contribution in [1.82, 2.24) is 5.32 Å². The maximum Gasteiger partial charge on any atom is 0.264 e. The SMILES string of the molecule is Cc1cccc(N(CC(=O)NCc2cccc(N3CCCC3=O)c2)S(=O)(=O)c2ccccc2)c1C. The lowest BCUT2D eigenvalue weighted by atomic mass is 10.1. The second-order valence-electron chi connectivity index (χ2n) is 8.64. The molecule has 0 bridgehead atoms. The Morgan fingerprint density at radius 1 is 1.00 bits per heavy atom. The lowest BCUT2D eigenvalue weighted by Crippen LogP contribution is -2.41. The van der Waals surface area contributed by atoms with Crippen LogP contribution in [0.4, 0.5) is 11.4 Å². The van der Waals surface area contributed by atoms with E-state index < -0.39 is 15.9 Å². The molecule has 1 heterocycles. The van der Waals surface area contributed by atoms with Crippen LogP contribution in [0.3, 0.4) is 0 Å². The molecule has 0 atom stereocenters. The Bertz CT molecular complexity index is 1340. The standard InChI is InChI=1S/C27H29N3O4S/c1-20-9-6-14-25(21(20)2)30(35(33,34)24-12-4-3-5-13-24)19-26(31)28-18-22-10-7-11-23(17-22)29-16-8-15-27(29)32/h3-7,9-14,17H,8,15-16,18-19H2,1-2H3,(H,28,31). The highest BCUT2D eigenvalue weighted by Gasteiger charge is 2.28. The molecule has 4 rings (SSSR count). The van der Waals surface area contributed by atoms with Gasteiger partial charge in [0.1, 0.15) is 6.54 Å². The molecule has 3 aromatic carbocycles. The number of nitrogens with zero attached hydrogens (tertiary/aromatic N) is 2. The van der Waals surface area contributed by atoms with Crippen LogP contribution in [-0.4, -0.2) is 33.3 Å². The van der Waals surface area contributed by atoms with E-state index in [4.69, 9.17) is 0 Å². The minimum Gasteiger partial charge on any atom is -0.350 e. The number of hydrogen-bond acceptors (Lipinski definition) is 4. The summed E-state index contributed by atoms with van der Waals surface area (Å²) in [4.78, 5) is 26.9. The first-order valence-corrected chi connectivity index (χ1v) is 13.0. The summed E-state index contributed by atoms with van der Waals surface area (Å²) in [5, 5.41) is 2.84. The highest BCUT2D eigenvalue weighted by molar-refractivity contribution is 7.92. The summed E-state index contributed by atoms with van der Waals surface area (Å²) in [5.41, 5.74) is 3.84. The highest BCUT2D eigenvalue weighted by Crippen LogP contribution is 2.28. The van der Waals surface area contributed by atoms with Crippen molar-refractivity contribution in [3.63, 3.8) is 0 Å². The molecule has 0 unspecified atom stereocenters. The van der Waals surface area contributed by atoms with Gasteiger partial charge in [0.2, 0.25) is 11.8 Å². The van der Waals surface area contributed by atoms with E-state index in [9.17, 15) is 18.0 Å². The summed E-state index contributed by atoms with van der Waals surface area (Å²) in [7, 11) is -3.97. The van der Waals surface area contributed by atoms with Gasteiger partial charge in [-0.1, -0.05) is 42.5 Å². The van der Waals surface area contributed by atoms with Crippen LogP contribution in [0.15, 0.2) is 77.7 Å². The molecule has 8 heteroatoms. The van der Waals surface area contributed by atoms with Crippen LogP contribution in [0, 0.1) is 13.8 Å². The Hall–Kier alpha value is -3.65. The molecular formula is C27H29N3O4S. The smallest absolute Gasteiger partial charge is 0.264 e. The van der Waals surface area contributed by atoms with Gasteiger partial charge < -0.3 is 10.2 Å².